The van der Waals surface area contributed by atoms with Gasteiger partial charge in [-0.3, -0.25) is 4.68 Å². The predicted molar refractivity (Wildman–Crippen MR) is 118 cm³/mol. The van der Waals surface area contributed by atoms with Crippen LogP contribution in [-0.4, -0.2) is 26.8 Å². The molecule has 0 unspecified atom stereocenters. The van der Waals surface area contributed by atoms with Gasteiger partial charge in [-0.15, -0.1) is 0 Å². The monoisotopic (exact) mass is 436 g/mol. The lowest BCUT2D eigenvalue weighted by Crippen LogP contribution is -2.12. The smallest absolute Gasteiger partial charge is 0.229 e. The van der Waals surface area contributed by atoms with Gasteiger partial charge in [0.2, 0.25) is 5.95 Å². The first-order valence-electron chi connectivity index (χ1n) is 8.95. The van der Waals surface area contributed by atoms with Gasteiger partial charge >= 0.3 is 0 Å². The van der Waals surface area contributed by atoms with Crippen LogP contribution >= 0.6 is 15.9 Å². The van der Waals surface area contributed by atoms with Gasteiger partial charge in [0.25, 0.3) is 0 Å². The zero-order chi connectivity index (χ0) is 19.8. The van der Waals surface area contributed by atoms with Crippen molar-refractivity contribution in [1.29, 1.82) is 0 Å². The van der Waals surface area contributed by atoms with E-state index >= 15 is 0 Å². The fourth-order valence-electron chi connectivity index (χ4n) is 3.05. The van der Waals surface area contributed by atoms with Crippen molar-refractivity contribution in [2.24, 2.45) is 7.05 Å². The van der Waals surface area contributed by atoms with Crippen LogP contribution in [0.25, 0.3) is 10.9 Å². The third-order valence-electron chi connectivity index (χ3n) is 4.91. The lowest BCUT2D eigenvalue weighted by atomic mass is 10.2. The molecule has 0 radical (unpaired) electrons. The van der Waals surface area contributed by atoms with E-state index in [1.165, 1.54) is 5.56 Å². The number of nitrogens with zero attached hydrogens (tertiary/aromatic N) is 5. The number of fused-ring (bicyclic) bond motifs is 1. The molecule has 6 nitrogen and oxygen atoms in total. The first-order chi connectivity index (χ1) is 13.4. The molecule has 0 aliphatic heterocycles. The molecule has 0 bridgehead atoms. The fraction of sp³-hybridized carbons (Fsp3) is 0.190. The van der Waals surface area contributed by atoms with Crippen LogP contribution in [0.5, 0.6) is 0 Å². The molecule has 2 heterocycles. The molecule has 0 aliphatic carbocycles. The number of rotatable bonds is 4. The molecule has 0 saturated carbocycles. The van der Waals surface area contributed by atoms with Crippen LogP contribution in [-0.2, 0) is 7.05 Å². The van der Waals surface area contributed by atoms with Crippen molar-refractivity contribution in [2.45, 2.75) is 13.8 Å². The summed E-state index contributed by atoms with van der Waals surface area (Å²) in [7, 11) is 3.96. The molecule has 4 rings (SSSR count). The quantitative estimate of drug-likeness (QED) is 0.472. The average Bonchev–Trinajstić information content (AvgIpc) is 2.98. The van der Waals surface area contributed by atoms with E-state index in [2.05, 4.69) is 62.3 Å². The molecule has 4 aromatic rings. The normalized spacial score (nSPS) is 11.0. The molecule has 0 amide bonds. The number of hydrogen-bond donors (Lipinski definition) is 1. The van der Waals surface area contributed by atoms with Gasteiger partial charge in [-0.1, -0.05) is 22.0 Å². The summed E-state index contributed by atoms with van der Waals surface area (Å²) in [5.74, 6) is 1.36. The summed E-state index contributed by atoms with van der Waals surface area (Å²) in [6.45, 7) is 4.13. The highest BCUT2D eigenvalue weighted by molar-refractivity contribution is 9.10. The van der Waals surface area contributed by atoms with Gasteiger partial charge in [0.05, 0.1) is 5.52 Å². The standard InChI is InChI=1S/C21H21BrN6/c1-13-5-6-15(11-18(13)22)24-21-23-10-9-20(25-21)27(3)16-7-8-19-17(12-16)14(2)28(4)26-19/h5-12H,1-4H3,(H,23,24,25). The van der Waals surface area contributed by atoms with E-state index in [1.807, 2.05) is 54.0 Å². The summed E-state index contributed by atoms with van der Waals surface area (Å²) in [5.41, 5.74) is 5.30. The second-order valence-electron chi connectivity index (χ2n) is 6.80. The van der Waals surface area contributed by atoms with Crippen molar-refractivity contribution in [3.05, 3.63) is 64.4 Å². The predicted octanol–water partition coefficient (Wildman–Crippen LogP) is 5.25. The Morgan fingerprint density at radius 2 is 1.89 bits per heavy atom. The largest absolute Gasteiger partial charge is 0.329 e. The van der Waals surface area contributed by atoms with Crippen LogP contribution in [0, 0.1) is 13.8 Å². The Morgan fingerprint density at radius 1 is 1.07 bits per heavy atom. The van der Waals surface area contributed by atoms with Crippen LogP contribution < -0.4 is 10.2 Å². The summed E-state index contributed by atoms with van der Waals surface area (Å²) >= 11 is 3.56. The van der Waals surface area contributed by atoms with Gasteiger partial charge in [-0.05, 0) is 55.8 Å². The van der Waals surface area contributed by atoms with E-state index in [0.717, 1.165) is 38.3 Å². The van der Waals surface area contributed by atoms with Gasteiger partial charge < -0.3 is 10.2 Å². The molecule has 0 spiro atoms. The molecule has 2 aromatic heterocycles. The minimum absolute atomic E-state index is 0.554. The number of benzene rings is 2. The van der Waals surface area contributed by atoms with Crippen molar-refractivity contribution in [3.63, 3.8) is 0 Å². The Kier molecular flexibility index (Phi) is 4.77. The topological polar surface area (TPSA) is 58.9 Å². The number of aryl methyl sites for hydroxylation is 3. The maximum absolute atomic E-state index is 4.67. The van der Waals surface area contributed by atoms with E-state index in [9.17, 15) is 0 Å². The summed E-state index contributed by atoms with van der Waals surface area (Å²) in [6, 6.07) is 14.2. The zero-order valence-electron chi connectivity index (χ0n) is 16.2. The highest BCUT2D eigenvalue weighted by Gasteiger charge is 2.11. The van der Waals surface area contributed by atoms with Gasteiger partial charge in [-0.25, -0.2) is 4.98 Å². The first-order valence-corrected chi connectivity index (χ1v) is 9.75. The second-order valence-corrected chi connectivity index (χ2v) is 7.65. The summed E-state index contributed by atoms with van der Waals surface area (Å²) in [5, 5.41) is 8.93. The van der Waals surface area contributed by atoms with E-state index in [1.54, 1.807) is 6.20 Å². The van der Waals surface area contributed by atoms with E-state index in [0.29, 0.717) is 5.95 Å². The molecule has 0 saturated heterocycles. The van der Waals surface area contributed by atoms with Crippen molar-refractivity contribution in [3.8, 4) is 0 Å². The second kappa shape index (κ2) is 7.24. The van der Waals surface area contributed by atoms with Crippen molar-refractivity contribution >= 4 is 50.0 Å². The van der Waals surface area contributed by atoms with Crippen LogP contribution in [0.3, 0.4) is 0 Å². The molecule has 0 atom stereocenters. The third-order valence-corrected chi connectivity index (χ3v) is 5.77. The highest BCUT2D eigenvalue weighted by atomic mass is 79.9. The first kappa shape index (κ1) is 18.4. The molecular formula is C21H21BrN6. The Bertz CT molecular complexity index is 1170. The molecule has 142 valence electrons. The molecular weight excluding hydrogens is 416 g/mol. The summed E-state index contributed by atoms with van der Waals surface area (Å²) < 4.78 is 2.95. The number of nitrogens with one attached hydrogen (secondary N) is 1. The Balaban J connectivity index is 1.63. The van der Waals surface area contributed by atoms with Crippen LogP contribution in [0.2, 0.25) is 0 Å². The number of halogens is 1. The third kappa shape index (κ3) is 3.45. The van der Waals surface area contributed by atoms with E-state index in [4.69, 9.17) is 0 Å². The lowest BCUT2D eigenvalue weighted by Gasteiger charge is -2.19. The van der Waals surface area contributed by atoms with Gasteiger partial charge in [0.15, 0.2) is 0 Å². The molecule has 1 N–H and O–H groups in total. The zero-order valence-corrected chi connectivity index (χ0v) is 17.8. The van der Waals surface area contributed by atoms with E-state index in [-0.39, 0.29) is 0 Å². The highest BCUT2D eigenvalue weighted by Crippen LogP contribution is 2.28. The van der Waals surface area contributed by atoms with Crippen LogP contribution in [0.15, 0.2) is 53.1 Å². The molecule has 7 heteroatoms. The molecule has 0 aliphatic rings. The minimum Gasteiger partial charge on any atom is -0.329 e. The summed E-state index contributed by atoms with van der Waals surface area (Å²) in [6.07, 6.45) is 1.76. The van der Waals surface area contributed by atoms with Gasteiger partial charge in [0, 0.05) is 47.2 Å². The van der Waals surface area contributed by atoms with Gasteiger partial charge in [-0.2, -0.15) is 10.1 Å². The number of aromatic nitrogens is 4. The van der Waals surface area contributed by atoms with Crippen LogP contribution in [0.1, 0.15) is 11.3 Å². The Labute approximate surface area is 172 Å². The molecule has 28 heavy (non-hydrogen) atoms. The number of anilines is 4. The Morgan fingerprint density at radius 3 is 2.68 bits per heavy atom. The van der Waals surface area contributed by atoms with E-state index < -0.39 is 0 Å². The Hall–Kier alpha value is -2.93. The fourth-order valence-corrected chi connectivity index (χ4v) is 3.43. The van der Waals surface area contributed by atoms with Crippen molar-refractivity contribution in [1.82, 2.24) is 19.7 Å². The van der Waals surface area contributed by atoms with Crippen LogP contribution in [0.4, 0.5) is 23.1 Å². The SMILES string of the molecule is Cc1ccc(Nc2nccc(N(C)c3ccc4nn(C)c(C)c4c3)n2)cc1Br. The molecule has 0 fully saturated rings. The molecule has 2 aromatic carbocycles. The van der Waals surface area contributed by atoms with Crippen molar-refractivity contribution < 1.29 is 0 Å². The maximum Gasteiger partial charge on any atom is 0.229 e. The lowest BCUT2D eigenvalue weighted by molar-refractivity contribution is 0.751. The van der Waals surface area contributed by atoms with Gasteiger partial charge in [0.1, 0.15) is 5.82 Å². The minimum atomic E-state index is 0.554. The maximum atomic E-state index is 4.67. The number of hydrogen-bond acceptors (Lipinski definition) is 5. The van der Waals surface area contributed by atoms with Crippen molar-refractivity contribution in [2.75, 3.05) is 17.3 Å². The average molecular weight is 437 g/mol. The summed E-state index contributed by atoms with van der Waals surface area (Å²) in [4.78, 5) is 11.1.